The molecule has 292 valence electrons. The number of para-hydroxylation sites is 3. The van der Waals surface area contributed by atoms with E-state index in [2.05, 4.69) is 240 Å². The largest absolute Gasteiger partial charge is 0.309 e. The molecular weight excluding hydrogens is 777 g/mol. The summed E-state index contributed by atoms with van der Waals surface area (Å²) >= 11 is 0. The van der Waals surface area contributed by atoms with Crippen molar-refractivity contribution >= 4 is 72.4 Å². The molecule has 0 N–H and O–H groups in total. The van der Waals surface area contributed by atoms with Crippen molar-refractivity contribution in [3.8, 4) is 55.9 Å². The number of hydrogen-bond acceptors (Lipinski definition) is 0. The first-order chi connectivity index (χ1) is 31.3. The number of nitrogens with zero attached hydrogens (tertiary/aromatic N) is 2. The van der Waals surface area contributed by atoms with Crippen molar-refractivity contribution in [2.75, 3.05) is 0 Å². The molecule has 0 amide bonds. The molecule has 4 heterocycles. The molecule has 0 aliphatic carbocycles. The first-order valence-corrected chi connectivity index (χ1v) is 23.9. The molecule has 2 aliphatic rings. The van der Waals surface area contributed by atoms with Crippen LogP contribution in [0.15, 0.2) is 231 Å². The molecule has 10 aromatic carbocycles. The Hall–Kier alpha value is -7.98. The smallest absolute Gasteiger partial charge is 0.182 e. The highest BCUT2D eigenvalue weighted by Crippen LogP contribution is 2.43. The summed E-state index contributed by atoms with van der Waals surface area (Å²) in [6, 6.07) is 87.1. The van der Waals surface area contributed by atoms with Crippen molar-refractivity contribution in [1.82, 2.24) is 9.13 Å². The van der Waals surface area contributed by atoms with Crippen molar-refractivity contribution in [2.24, 2.45) is 0 Å². The van der Waals surface area contributed by atoms with Crippen LogP contribution in [0.3, 0.4) is 0 Å². The van der Waals surface area contributed by atoms with E-state index in [1.165, 1.54) is 109 Å². The van der Waals surface area contributed by atoms with Gasteiger partial charge in [0.2, 0.25) is 0 Å². The van der Waals surface area contributed by atoms with Gasteiger partial charge in [0, 0.05) is 32.9 Å². The molecule has 2 nitrogen and oxygen atoms in total. The minimum absolute atomic E-state index is 1.16. The van der Waals surface area contributed by atoms with Crippen molar-refractivity contribution in [3.63, 3.8) is 0 Å². The van der Waals surface area contributed by atoms with E-state index in [0.29, 0.717) is 0 Å². The lowest BCUT2D eigenvalue weighted by Crippen LogP contribution is -2.75. The van der Waals surface area contributed by atoms with Gasteiger partial charge in [-0.05, 0) is 114 Å². The first-order valence-electron chi connectivity index (χ1n) is 21.9. The van der Waals surface area contributed by atoms with Crippen LogP contribution in [0.5, 0.6) is 0 Å². The van der Waals surface area contributed by atoms with Gasteiger partial charge in [0.1, 0.15) is 0 Å². The summed E-state index contributed by atoms with van der Waals surface area (Å²) in [5.74, 6) is 0. The summed E-state index contributed by atoms with van der Waals surface area (Å²) in [5.41, 5.74) is 17.6. The fourth-order valence-corrected chi connectivity index (χ4v) is 17.3. The highest BCUT2D eigenvalue weighted by molar-refractivity contribution is 7.22. The third kappa shape index (κ3) is 4.61. The van der Waals surface area contributed by atoms with Crippen LogP contribution in [-0.2, 0) is 0 Å². The SMILES string of the molecule is c1ccc2c(c1)-c1ccccc1[Si]1(c3ccccc3-2)c2ccccc2-c2ccc(-n3c4ccccc4c4cc(-n5c6ccccc6c6ccccc65)ccc43)cc2-c2ccccc21. The lowest BCUT2D eigenvalue weighted by Gasteiger charge is -2.37. The van der Waals surface area contributed by atoms with Crippen molar-refractivity contribution in [1.29, 1.82) is 0 Å². The Labute approximate surface area is 366 Å². The Kier molecular flexibility index (Phi) is 7.17. The Morgan fingerprint density at radius 1 is 0.222 bits per heavy atom. The number of benzene rings is 10. The molecule has 0 saturated heterocycles. The van der Waals surface area contributed by atoms with Crippen LogP contribution in [-0.4, -0.2) is 17.2 Å². The molecule has 2 aromatic heterocycles. The van der Waals surface area contributed by atoms with Gasteiger partial charge in [-0.3, -0.25) is 0 Å². The quantitative estimate of drug-likeness (QED) is 0.154. The van der Waals surface area contributed by atoms with Crippen LogP contribution >= 0.6 is 0 Å². The summed E-state index contributed by atoms with van der Waals surface area (Å²) in [6.45, 7) is 0. The Morgan fingerprint density at radius 2 is 0.540 bits per heavy atom. The van der Waals surface area contributed by atoms with E-state index in [4.69, 9.17) is 0 Å². The van der Waals surface area contributed by atoms with Gasteiger partial charge in [0.15, 0.2) is 8.07 Å². The minimum Gasteiger partial charge on any atom is -0.309 e. The molecule has 0 saturated carbocycles. The topological polar surface area (TPSA) is 9.86 Å². The fourth-order valence-electron chi connectivity index (χ4n) is 11.7. The zero-order chi connectivity index (χ0) is 41.2. The Balaban J connectivity index is 1.05. The molecular formula is C60H38N2Si. The highest BCUT2D eigenvalue weighted by atomic mass is 28.3. The van der Waals surface area contributed by atoms with Crippen LogP contribution in [0.2, 0.25) is 0 Å². The van der Waals surface area contributed by atoms with Crippen molar-refractivity contribution < 1.29 is 0 Å². The van der Waals surface area contributed by atoms with E-state index in [-0.39, 0.29) is 0 Å². The molecule has 0 unspecified atom stereocenters. The van der Waals surface area contributed by atoms with Gasteiger partial charge >= 0.3 is 0 Å². The minimum atomic E-state index is -3.00. The van der Waals surface area contributed by atoms with Crippen LogP contribution in [0.4, 0.5) is 0 Å². The predicted molar refractivity (Wildman–Crippen MR) is 268 cm³/mol. The molecule has 12 aromatic rings. The summed E-state index contributed by atoms with van der Waals surface area (Å²) in [7, 11) is -3.00. The summed E-state index contributed by atoms with van der Waals surface area (Å²) < 4.78 is 4.91. The maximum atomic E-state index is 2.49. The molecule has 0 bridgehead atoms. The second-order valence-electron chi connectivity index (χ2n) is 17.1. The lowest BCUT2D eigenvalue weighted by molar-refractivity contribution is 1.17. The summed E-state index contributed by atoms with van der Waals surface area (Å²) in [4.78, 5) is 0. The average molecular weight is 815 g/mol. The van der Waals surface area contributed by atoms with E-state index in [9.17, 15) is 0 Å². The Morgan fingerprint density at radius 3 is 1.02 bits per heavy atom. The summed E-state index contributed by atoms with van der Waals surface area (Å²) in [5, 5.41) is 10.8. The van der Waals surface area contributed by atoms with Gasteiger partial charge < -0.3 is 9.13 Å². The molecule has 0 fully saturated rings. The standard InChI is InChI=1S/C60H38N2Si/c1-2-18-42-41(17-1)47-22-6-13-29-57(47)63(58-30-14-7-23-48(42)58)59-31-15-8-24-49(59)43-35-33-39(37-51(43)50-25-9-16-32-60(50)63)62-55-28-12-5-21-46(55)52-38-40(34-36-56(52)62)61-53-26-10-3-19-44(53)45-20-4-11-27-54(45)61/h1-38H. The molecule has 63 heavy (non-hydrogen) atoms. The fraction of sp³-hybridized carbons (Fsp3) is 0. The van der Waals surface area contributed by atoms with E-state index in [1.807, 2.05) is 0 Å². The number of aromatic nitrogens is 2. The molecule has 3 heteroatoms. The summed E-state index contributed by atoms with van der Waals surface area (Å²) in [6.07, 6.45) is 0. The lowest BCUT2D eigenvalue weighted by atomic mass is 9.94. The molecule has 0 atom stereocenters. The Bertz CT molecular complexity index is 3760. The molecule has 1 spiro atoms. The van der Waals surface area contributed by atoms with Gasteiger partial charge in [-0.2, -0.15) is 0 Å². The van der Waals surface area contributed by atoms with Gasteiger partial charge in [0.05, 0.1) is 22.1 Å². The highest BCUT2D eigenvalue weighted by Gasteiger charge is 2.50. The third-order valence-electron chi connectivity index (χ3n) is 14.2. The second kappa shape index (κ2) is 13.0. The maximum absolute atomic E-state index is 3.00. The molecule has 0 radical (unpaired) electrons. The van der Waals surface area contributed by atoms with Gasteiger partial charge in [-0.15, -0.1) is 0 Å². The average Bonchev–Trinajstić information content (AvgIpc) is 3.80. The van der Waals surface area contributed by atoms with Crippen LogP contribution in [0.1, 0.15) is 0 Å². The molecule has 2 aliphatic heterocycles. The predicted octanol–water partition coefficient (Wildman–Crippen LogP) is 12.6. The zero-order valence-electron chi connectivity index (χ0n) is 34.3. The van der Waals surface area contributed by atoms with Gasteiger partial charge in [-0.25, -0.2) is 0 Å². The normalized spacial score (nSPS) is 13.2. The second-order valence-corrected chi connectivity index (χ2v) is 20.8. The van der Waals surface area contributed by atoms with E-state index < -0.39 is 8.07 Å². The van der Waals surface area contributed by atoms with Crippen LogP contribution in [0, 0.1) is 0 Å². The van der Waals surface area contributed by atoms with Gasteiger partial charge in [-0.1, -0.05) is 182 Å². The first kappa shape index (κ1) is 34.7. The number of rotatable bonds is 2. The van der Waals surface area contributed by atoms with Crippen LogP contribution < -0.4 is 20.7 Å². The monoisotopic (exact) mass is 814 g/mol. The van der Waals surface area contributed by atoms with E-state index >= 15 is 0 Å². The van der Waals surface area contributed by atoms with E-state index in [0.717, 1.165) is 11.4 Å². The third-order valence-corrected chi connectivity index (χ3v) is 19.1. The van der Waals surface area contributed by atoms with E-state index in [1.54, 1.807) is 0 Å². The van der Waals surface area contributed by atoms with Gasteiger partial charge in [0.25, 0.3) is 0 Å². The zero-order valence-corrected chi connectivity index (χ0v) is 35.3. The van der Waals surface area contributed by atoms with Crippen molar-refractivity contribution in [3.05, 3.63) is 231 Å². The van der Waals surface area contributed by atoms with Crippen molar-refractivity contribution in [2.45, 2.75) is 0 Å². The number of fused-ring (bicyclic) bond motifs is 20. The van der Waals surface area contributed by atoms with Crippen LogP contribution in [0.25, 0.3) is 99.5 Å². The number of hydrogen-bond donors (Lipinski definition) is 0. The molecule has 14 rings (SSSR count). The maximum Gasteiger partial charge on any atom is 0.182 e.